The van der Waals surface area contributed by atoms with Crippen molar-refractivity contribution in [2.75, 3.05) is 19.5 Å². The lowest BCUT2D eigenvalue weighted by atomic mass is 10.1. The first-order valence-corrected chi connectivity index (χ1v) is 8.27. The van der Waals surface area contributed by atoms with Crippen LogP contribution in [0.5, 0.6) is 5.75 Å². The summed E-state index contributed by atoms with van der Waals surface area (Å²) in [6.45, 7) is 0.491. The zero-order valence-electron chi connectivity index (χ0n) is 13.7. The van der Waals surface area contributed by atoms with Gasteiger partial charge in [-0.3, -0.25) is 4.98 Å². The molecule has 0 saturated heterocycles. The van der Waals surface area contributed by atoms with Crippen LogP contribution >= 0.6 is 11.3 Å². The number of carbonyl (C=O) groups excluding carboxylic acids is 1. The molecule has 1 N–H and O–H groups in total. The van der Waals surface area contributed by atoms with Crippen LogP contribution < -0.4 is 10.1 Å². The quantitative estimate of drug-likeness (QED) is 0.679. The summed E-state index contributed by atoms with van der Waals surface area (Å²) >= 11 is 1.42. The summed E-state index contributed by atoms with van der Waals surface area (Å²) in [7, 11) is 2.85. The van der Waals surface area contributed by atoms with Crippen molar-refractivity contribution < 1.29 is 14.3 Å². The number of esters is 1. The Bertz CT molecular complexity index is 867. The van der Waals surface area contributed by atoms with E-state index in [9.17, 15) is 4.79 Å². The highest BCUT2D eigenvalue weighted by molar-refractivity contribution is 7.18. The van der Waals surface area contributed by atoms with E-state index in [1.54, 1.807) is 18.3 Å². The Kier molecular flexibility index (Phi) is 5.20. The van der Waals surface area contributed by atoms with E-state index < -0.39 is 5.97 Å². The molecule has 2 heterocycles. The summed E-state index contributed by atoms with van der Waals surface area (Å²) < 4.78 is 9.97. The molecule has 0 aliphatic heterocycles. The normalized spacial score (nSPS) is 10.3. The molecule has 0 fully saturated rings. The first-order valence-electron chi connectivity index (χ1n) is 7.45. The average molecular weight is 356 g/mol. The molecule has 0 amide bonds. The number of rotatable bonds is 6. The molecule has 0 radical (unpaired) electrons. The molecule has 0 atom stereocenters. The Morgan fingerprint density at radius 2 is 2.08 bits per heavy atom. The number of hydrogen-bond acceptors (Lipinski definition) is 8. The Morgan fingerprint density at radius 1 is 1.20 bits per heavy atom. The second kappa shape index (κ2) is 7.71. The van der Waals surface area contributed by atoms with Crippen molar-refractivity contribution >= 4 is 22.4 Å². The van der Waals surface area contributed by atoms with E-state index >= 15 is 0 Å². The maximum Gasteiger partial charge on any atom is 0.341 e. The summed E-state index contributed by atoms with van der Waals surface area (Å²) in [6.07, 6.45) is 1.72. The van der Waals surface area contributed by atoms with Gasteiger partial charge in [-0.2, -0.15) is 0 Å². The van der Waals surface area contributed by atoms with Crippen LogP contribution in [0.4, 0.5) is 5.13 Å². The number of nitrogens with one attached hydrogen (secondary N) is 1. The van der Waals surface area contributed by atoms with E-state index in [0.717, 1.165) is 16.3 Å². The van der Waals surface area contributed by atoms with Crippen molar-refractivity contribution in [3.05, 3.63) is 53.7 Å². The molecule has 3 rings (SSSR count). The van der Waals surface area contributed by atoms with Gasteiger partial charge in [0, 0.05) is 12.7 Å². The number of anilines is 1. The first kappa shape index (κ1) is 16.8. The molecule has 0 spiro atoms. The number of pyridine rings is 1. The van der Waals surface area contributed by atoms with E-state index in [1.807, 2.05) is 24.3 Å². The van der Waals surface area contributed by atoms with Gasteiger partial charge < -0.3 is 14.8 Å². The van der Waals surface area contributed by atoms with Gasteiger partial charge in [0.25, 0.3) is 0 Å². The van der Waals surface area contributed by atoms with Gasteiger partial charge in [-0.15, -0.1) is 10.2 Å². The Balaban J connectivity index is 1.72. The maximum absolute atomic E-state index is 11.8. The molecule has 0 aliphatic carbocycles. The highest BCUT2D eigenvalue weighted by atomic mass is 32.1. The van der Waals surface area contributed by atoms with Gasteiger partial charge in [0.05, 0.1) is 14.2 Å². The molecule has 1 aromatic carbocycles. The fraction of sp³-hybridized carbons (Fsp3) is 0.176. The second-order valence-electron chi connectivity index (χ2n) is 5.01. The fourth-order valence-electron chi connectivity index (χ4n) is 2.20. The minimum atomic E-state index is -0.438. The number of hydrogen-bond donors (Lipinski definition) is 1. The highest BCUT2D eigenvalue weighted by Gasteiger charge is 2.14. The number of nitrogens with zero attached hydrogens (tertiary/aromatic N) is 3. The molecule has 2 aromatic heterocycles. The van der Waals surface area contributed by atoms with Crippen LogP contribution in [0.15, 0.2) is 42.6 Å². The third-order valence-electron chi connectivity index (χ3n) is 3.42. The van der Waals surface area contributed by atoms with Gasteiger partial charge in [-0.1, -0.05) is 23.5 Å². The highest BCUT2D eigenvalue weighted by Crippen LogP contribution is 2.25. The topological polar surface area (TPSA) is 86.2 Å². The summed E-state index contributed by atoms with van der Waals surface area (Å²) in [5.74, 6) is 0.0380. The monoisotopic (exact) mass is 356 g/mol. The largest absolute Gasteiger partial charge is 0.496 e. The van der Waals surface area contributed by atoms with E-state index in [2.05, 4.69) is 20.5 Å². The van der Waals surface area contributed by atoms with E-state index in [-0.39, 0.29) is 0 Å². The van der Waals surface area contributed by atoms with Crippen LogP contribution in [0.25, 0.3) is 10.7 Å². The van der Waals surface area contributed by atoms with Crippen molar-refractivity contribution in [2.24, 2.45) is 0 Å². The predicted molar refractivity (Wildman–Crippen MR) is 94.8 cm³/mol. The second-order valence-corrected chi connectivity index (χ2v) is 5.98. The molecule has 3 aromatic rings. The molecule has 25 heavy (non-hydrogen) atoms. The lowest BCUT2D eigenvalue weighted by Gasteiger charge is -2.09. The van der Waals surface area contributed by atoms with Crippen molar-refractivity contribution in [1.82, 2.24) is 15.2 Å². The predicted octanol–water partition coefficient (Wildman–Crippen LogP) is 3.01. The smallest absolute Gasteiger partial charge is 0.341 e. The summed E-state index contributed by atoms with van der Waals surface area (Å²) in [6, 6.07) is 11.0. The van der Waals surface area contributed by atoms with E-state index in [1.165, 1.54) is 25.6 Å². The van der Waals surface area contributed by atoms with E-state index in [0.29, 0.717) is 23.0 Å². The number of carbonyl (C=O) groups is 1. The molecule has 7 nitrogen and oxygen atoms in total. The Labute approximate surface area is 148 Å². The van der Waals surface area contributed by atoms with Gasteiger partial charge >= 0.3 is 5.97 Å². The molecule has 0 aliphatic rings. The molecule has 0 unspecified atom stereocenters. The molecular weight excluding hydrogens is 340 g/mol. The maximum atomic E-state index is 11.8. The van der Waals surface area contributed by atoms with Gasteiger partial charge in [0.15, 0.2) is 5.01 Å². The number of methoxy groups -OCH3 is 2. The summed E-state index contributed by atoms with van der Waals surface area (Å²) in [4.78, 5) is 16.1. The van der Waals surface area contributed by atoms with Crippen LogP contribution in [-0.4, -0.2) is 35.4 Å². The standard InChI is InChI=1S/C17H16N4O3S/c1-23-14-7-6-11(9-12(14)16(22)24-2)10-19-17-21-20-15(25-17)13-5-3-4-8-18-13/h3-9H,10H2,1-2H3,(H,19,21). The molecular formula is C17H16N4O3S. The molecule has 8 heteroatoms. The Hall–Kier alpha value is -3.00. The first-order chi connectivity index (χ1) is 12.2. The van der Waals surface area contributed by atoms with Crippen molar-refractivity contribution in [3.63, 3.8) is 0 Å². The Morgan fingerprint density at radius 3 is 2.80 bits per heavy atom. The molecule has 0 bridgehead atoms. The van der Waals surface area contributed by atoms with Gasteiger partial charge in [0.1, 0.15) is 17.0 Å². The summed E-state index contributed by atoms with van der Waals surface area (Å²) in [5, 5.41) is 12.9. The van der Waals surface area contributed by atoms with Crippen LogP contribution in [0.3, 0.4) is 0 Å². The fourth-order valence-corrected chi connectivity index (χ4v) is 2.92. The van der Waals surface area contributed by atoms with Gasteiger partial charge in [-0.25, -0.2) is 4.79 Å². The number of benzene rings is 1. The van der Waals surface area contributed by atoms with Crippen molar-refractivity contribution in [1.29, 1.82) is 0 Å². The third-order valence-corrected chi connectivity index (χ3v) is 4.33. The minimum Gasteiger partial charge on any atom is -0.496 e. The van der Waals surface area contributed by atoms with Crippen LogP contribution in [-0.2, 0) is 11.3 Å². The third kappa shape index (κ3) is 3.92. The molecule has 128 valence electrons. The van der Waals surface area contributed by atoms with Gasteiger partial charge in [0.2, 0.25) is 5.13 Å². The zero-order valence-corrected chi connectivity index (χ0v) is 14.5. The van der Waals surface area contributed by atoms with Crippen molar-refractivity contribution in [3.8, 4) is 16.5 Å². The summed E-state index contributed by atoms with van der Waals surface area (Å²) in [5.41, 5.74) is 2.07. The van der Waals surface area contributed by atoms with Crippen LogP contribution in [0, 0.1) is 0 Å². The minimum absolute atomic E-state index is 0.385. The molecule has 0 saturated carbocycles. The van der Waals surface area contributed by atoms with Gasteiger partial charge in [-0.05, 0) is 29.8 Å². The zero-order chi connectivity index (χ0) is 17.6. The van der Waals surface area contributed by atoms with Crippen molar-refractivity contribution in [2.45, 2.75) is 6.54 Å². The number of ether oxygens (including phenoxy) is 2. The lowest BCUT2D eigenvalue weighted by Crippen LogP contribution is -2.06. The average Bonchev–Trinajstić information content (AvgIpc) is 3.15. The SMILES string of the molecule is COC(=O)c1cc(CNc2nnc(-c3ccccn3)s2)ccc1OC. The lowest BCUT2D eigenvalue weighted by molar-refractivity contribution is 0.0597. The van der Waals surface area contributed by atoms with Crippen LogP contribution in [0.1, 0.15) is 15.9 Å². The number of aromatic nitrogens is 3. The van der Waals surface area contributed by atoms with E-state index in [4.69, 9.17) is 9.47 Å². The van der Waals surface area contributed by atoms with Crippen LogP contribution in [0.2, 0.25) is 0 Å².